The molecule has 0 amide bonds. The van der Waals surface area contributed by atoms with Gasteiger partial charge in [0.25, 0.3) is 10.0 Å². The topological polar surface area (TPSA) is 102 Å². The van der Waals surface area contributed by atoms with E-state index in [0.717, 1.165) is 0 Å². The maximum atomic E-state index is 12.4. The van der Waals surface area contributed by atoms with E-state index in [0.29, 0.717) is 5.65 Å². The molecular formula is C11H17N5O2S. The SMILES string of the molecule is CC(C)(C)NS(=O)(=O)c1c(NN)nc2ccccn12. The zero-order valence-corrected chi connectivity index (χ0v) is 11.8. The zero-order chi connectivity index (χ0) is 14.3. The first-order chi connectivity index (χ1) is 8.74. The smallest absolute Gasteiger partial charge is 0.260 e. The molecule has 0 unspecified atom stereocenters. The van der Waals surface area contributed by atoms with Crippen LogP contribution in [0.1, 0.15) is 20.8 Å². The van der Waals surface area contributed by atoms with Crippen LogP contribution in [0.3, 0.4) is 0 Å². The first-order valence-corrected chi connectivity index (χ1v) is 7.20. The van der Waals surface area contributed by atoms with E-state index in [1.807, 2.05) is 0 Å². The van der Waals surface area contributed by atoms with Crippen molar-refractivity contribution in [2.45, 2.75) is 31.3 Å². The van der Waals surface area contributed by atoms with Gasteiger partial charge in [-0.2, -0.15) is 0 Å². The molecule has 8 heteroatoms. The Labute approximate surface area is 111 Å². The fourth-order valence-corrected chi connectivity index (χ4v) is 3.45. The second-order valence-corrected chi connectivity index (χ2v) is 6.79. The van der Waals surface area contributed by atoms with E-state index >= 15 is 0 Å². The minimum atomic E-state index is -3.74. The third-order valence-electron chi connectivity index (χ3n) is 2.32. The Balaban J connectivity index is 2.67. The highest BCUT2D eigenvalue weighted by Gasteiger charge is 2.28. The third kappa shape index (κ3) is 2.70. The molecule has 0 fully saturated rings. The van der Waals surface area contributed by atoms with Crippen LogP contribution in [-0.2, 0) is 10.0 Å². The van der Waals surface area contributed by atoms with Gasteiger partial charge in [-0.3, -0.25) is 4.40 Å². The summed E-state index contributed by atoms with van der Waals surface area (Å²) >= 11 is 0. The van der Waals surface area contributed by atoms with Crippen molar-refractivity contribution < 1.29 is 8.42 Å². The Bertz CT molecular complexity index is 699. The van der Waals surface area contributed by atoms with E-state index in [1.165, 1.54) is 4.40 Å². The van der Waals surface area contributed by atoms with Gasteiger partial charge < -0.3 is 5.43 Å². The molecule has 0 saturated heterocycles. The van der Waals surface area contributed by atoms with Gasteiger partial charge in [0.1, 0.15) is 5.65 Å². The molecule has 0 radical (unpaired) electrons. The number of nitrogens with one attached hydrogen (secondary N) is 2. The predicted octanol–water partition coefficient (Wildman–Crippen LogP) is 0.697. The van der Waals surface area contributed by atoms with Crippen molar-refractivity contribution in [1.29, 1.82) is 0 Å². The number of hydrazine groups is 1. The summed E-state index contributed by atoms with van der Waals surface area (Å²) in [7, 11) is -3.74. The molecule has 104 valence electrons. The van der Waals surface area contributed by atoms with Crippen molar-refractivity contribution in [2.24, 2.45) is 5.84 Å². The van der Waals surface area contributed by atoms with E-state index < -0.39 is 15.6 Å². The number of anilines is 1. The average Bonchev–Trinajstić information content (AvgIpc) is 2.64. The first-order valence-electron chi connectivity index (χ1n) is 5.72. The second-order valence-electron chi connectivity index (χ2n) is 5.19. The molecule has 7 nitrogen and oxygen atoms in total. The van der Waals surface area contributed by atoms with Gasteiger partial charge in [0.05, 0.1) is 0 Å². The second kappa shape index (κ2) is 4.48. The maximum Gasteiger partial charge on any atom is 0.260 e. The molecule has 2 heterocycles. The Morgan fingerprint density at radius 3 is 2.58 bits per heavy atom. The summed E-state index contributed by atoms with van der Waals surface area (Å²) in [6, 6.07) is 5.21. The van der Waals surface area contributed by atoms with E-state index in [4.69, 9.17) is 5.84 Å². The molecule has 0 spiro atoms. The lowest BCUT2D eigenvalue weighted by Gasteiger charge is -2.20. The zero-order valence-electron chi connectivity index (χ0n) is 11.0. The highest BCUT2D eigenvalue weighted by atomic mass is 32.2. The lowest BCUT2D eigenvalue weighted by molar-refractivity contribution is 0.489. The number of rotatable bonds is 3. The molecule has 0 saturated carbocycles. The monoisotopic (exact) mass is 283 g/mol. The van der Waals surface area contributed by atoms with Crippen molar-refractivity contribution >= 4 is 21.5 Å². The van der Waals surface area contributed by atoms with Gasteiger partial charge in [-0.1, -0.05) is 6.07 Å². The van der Waals surface area contributed by atoms with Gasteiger partial charge in [-0.15, -0.1) is 0 Å². The number of imidazole rings is 1. The highest BCUT2D eigenvalue weighted by Crippen LogP contribution is 2.23. The Kier molecular flexibility index (Phi) is 3.25. The van der Waals surface area contributed by atoms with Gasteiger partial charge in [0, 0.05) is 11.7 Å². The number of pyridine rings is 1. The number of nitrogens with two attached hydrogens (primary N) is 1. The normalized spacial score (nSPS) is 12.8. The number of nitrogens with zero attached hydrogens (tertiary/aromatic N) is 2. The molecule has 2 aromatic heterocycles. The van der Waals surface area contributed by atoms with Gasteiger partial charge in [-0.25, -0.2) is 24.0 Å². The van der Waals surface area contributed by atoms with Crippen LogP contribution in [0.15, 0.2) is 29.4 Å². The molecule has 0 aliphatic heterocycles. The summed E-state index contributed by atoms with van der Waals surface area (Å²) in [6.45, 7) is 5.30. The van der Waals surface area contributed by atoms with E-state index in [-0.39, 0.29) is 10.8 Å². The summed E-state index contributed by atoms with van der Waals surface area (Å²) < 4.78 is 28.9. The molecular weight excluding hydrogens is 266 g/mol. The molecule has 0 atom stereocenters. The Morgan fingerprint density at radius 2 is 2.00 bits per heavy atom. The van der Waals surface area contributed by atoms with Crippen LogP contribution in [-0.4, -0.2) is 23.3 Å². The van der Waals surface area contributed by atoms with Crippen LogP contribution in [0.4, 0.5) is 5.82 Å². The van der Waals surface area contributed by atoms with Crippen LogP contribution in [0.2, 0.25) is 0 Å². The number of nitrogen functional groups attached to an aromatic ring is 1. The van der Waals surface area contributed by atoms with E-state index in [2.05, 4.69) is 15.1 Å². The van der Waals surface area contributed by atoms with Crippen LogP contribution in [0.25, 0.3) is 5.65 Å². The van der Waals surface area contributed by atoms with Crippen LogP contribution >= 0.6 is 0 Å². The summed E-state index contributed by atoms with van der Waals surface area (Å²) in [6.07, 6.45) is 1.63. The van der Waals surface area contributed by atoms with Gasteiger partial charge in [-0.05, 0) is 32.9 Å². The highest BCUT2D eigenvalue weighted by molar-refractivity contribution is 7.89. The van der Waals surface area contributed by atoms with Crippen molar-refractivity contribution in [2.75, 3.05) is 5.43 Å². The lowest BCUT2D eigenvalue weighted by Crippen LogP contribution is -2.41. The van der Waals surface area contributed by atoms with Crippen LogP contribution in [0, 0.1) is 0 Å². The van der Waals surface area contributed by atoms with Gasteiger partial charge in [0.15, 0.2) is 10.8 Å². The minimum absolute atomic E-state index is 0.000486. The predicted molar refractivity (Wildman–Crippen MR) is 73.1 cm³/mol. The van der Waals surface area contributed by atoms with E-state index in [9.17, 15) is 8.42 Å². The minimum Gasteiger partial charge on any atom is -0.306 e. The molecule has 2 rings (SSSR count). The Morgan fingerprint density at radius 1 is 1.32 bits per heavy atom. The fraction of sp³-hybridized carbons (Fsp3) is 0.364. The standard InChI is InChI=1S/C11H17N5O2S/c1-11(2,3)15-19(17,18)10-9(14-12)13-8-6-4-5-7-16(8)10/h4-7,14-15H,12H2,1-3H3. The Hall–Kier alpha value is -1.64. The molecule has 19 heavy (non-hydrogen) atoms. The fourth-order valence-electron chi connectivity index (χ4n) is 1.78. The third-order valence-corrected chi connectivity index (χ3v) is 4.10. The average molecular weight is 283 g/mol. The molecule has 2 aromatic rings. The van der Waals surface area contributed by atoms with E-state index in [1.54, 1.807) is 45.2 Å². The van der Waals surface area contributed by atoms with Gasteiger partial charge >= 0.3 is 0 Å². The van der Waals surface area contributed by atoms with Crippen LogP contribution < -0.4 is 16.0 Å². The summed E-state index contributed by atoms with van der Waals surface area (Å²) in [5.74, 6) is 5.47. The first kappa shape index (κ1) is 13.8. The van der Waals surface area contributed by atoms with Gasteiger partial charge in [0.2, 0.25) is 0 Å². The number of hydrogen-bond donors (Lipinski definition) is 3. The summed E-state index contributed by atoms with van der Waals surface area (Å²) in [5.41, 5.74) is 2.24. The quantitative estimate of drug-likeness (QED) is 0.568. The maximum absolute atomic E-state index is 12.4. The van der Waals surface area contributed by atoms with Crippen molar-refractivity contribution in [3.63, 3.8) is 0 Å². The summed E-state index contributed by atoms with van der Waals surface area (Å²) in [4.78, 5) is 4.14. The molecule has 0 aromatic carbocycles. The molecule has 4 N–H and O–H groups in total. The summed E-state index contributed by atoms with van der Waals surface area (Å²) in [5, 5.41) is 0.000486. The molecule has 0 aliphatic rings. The molecule has 0 bridgehead atoms. The van der Waals surface area contributed by atoms with Crippen molar-refractivity contribution in [3.8, 4) is 0 Å². The largest absolute Gasteiger partial charge is 0.306 e. The number of aromatic nitrogens is 2. The number of hydrogen-bond acceptors (Lipinski definition) is 5. The van der Waals surface area contributed by atoms with Crippen molar-refractivity contribution in [3.05, 3.63) is 24.4 Å². The van der Waals surface area contributed by atoms with Crippen molar-refractivity contribution in [1.82, 2.24) is 14.1 Å². The number of sulfonamides is 1. The van der Waals surface area contributed by atoms with Crippen LogP contribution in [0.5, 0.6) is 0 Å². The molecule has 0 aliphatic carbocycles. The lowest BCUT2D eigenvalue weighted by atomic mass is 10.1. The number of fused-ring (bicyclic) bond motifs is 1.